The molecule has 4 unspecified atom stereocenters. The third-order valence-corrected chi connectivity index (χ3v) is 8.58. The van der Waals surface area contributed by atoms with Crippen LogP contribution in [0.15, 0.2) is 24.3 Å². The summed E-state index contributed by atoms with van der Waals surface area (Å²) in [6, 6.07) is 8.68. The molecule has 0 N–H and O–H groups in total. The molecule has 1 saturated heterocycles. The van der Waals surface area contributed by atoms with Crippen LogP contribution in [0.4, 0.5) is 0 Å². The molecule has 1 aromatic rings. The Morgan fingerprint density at radius 1 is 1.04 bits per heavy atom. The lowest BCUT2D eigenvalue weighted by molar-refractivity contribution is -0.149. The summed E-state index contributed by atoms with van der Waals surface area (Å²) < 4.78 is 0. The fourth-order valence-corrected chi connectivity index (χ4v) is 7.75. The second kappa shape index (κ2) is 5.83. The predicted octanol–water partition coefficient (Wildman–Crippen LogP) is 4.25. The Hall–Kier alpha value is -1.35. The van der Waals surface area contributed by atoms with Gasteiger partial charge in [0.05, 0.1) is 5.41 Å². The van der Waals surface area contributed by atoms with Gasteiger partial charge in [-0.15, -0.1) is 0 Å². The Bertz CT molecular complexity index is 767. The second-order valence-corrected chi connectivity index (χ2v) is 10.8. The monoisotopic (exact) mass is 366 g/mol. The van der Waals surface area contributed by atoms with E-state index in [1.807, 2.05) is 0 Å². The lowest BCUT2D eigenvalue weighted by atomic mass is 9.67. The highest BCUT2D eigenvalue weighted by molar-refractivity contribution is 5.85. The summed E-state index contributed by atoms with van der Waals surface area (Å²) in [6.45, 7) is 11.9. The number of carbonyl (C=O) groups is 1. The van der Waals surface area contributed by atoms with Crippen molar-refractivity contribution in [2.24, 2.45) is 22.2 Å². The summed E-state index contributed by atoms with van der Waals surface area (Å²) in [5.41, 5.74) is 3.44. The van der Waals surface area contributed by atoms with Crippen LogP contribution in [0.25, 0.3) is 0 Å². The zero-order valence-corrected chi connectivity index (χ0v) is 17.3. The van der Waals surface area contributed by atoms with E-state index in [0.717, 1.165) is 45.1 Å². The maximum absolute atomic E-state index is 13.7. The summed E-state index contributed by atoms with van der Waals surface area (Å²) in [4.78, 5) is 18.5. The summed E-state index contributed by atoms with van der Waals surface area (Å²) in [5, 5.41) is 0. The van der Waals surface area contributed by atoms with Crippen molar-refractivity contribution in [3.8, 4) is 0 Å². The van der Waals surface area contributed by atoms with Crippen LogP contribution >= 0.6 is 0 Å². The number of piperazine rings is 1. The first kappa shape index (κ1) is 17.7. The molecule has 6 rings (SSSR count). The summed E-state index contributed by atoms with van der Waals surface area (Å²) in [5.74, 6) is 1.31. The molecule has 1 heterocycles. The van der Waals surface area contributed by atoms with E-state index in [0.29, 0.717) is 11.3 Å². The second-order valence-electron chi connectivity index (χ2n) is 10.8. The van der Waals surface area contributed by atoms with Crippen molar-refractivity contribution in [3.63, 3.8) is 0 Å². The molecule has 1 amide bonds. The van der Waals surface area contributed by atoms with Crippen molar-refractivity contribution in [1.29, 1.82) is 0 Å². The average molecular weight is 367 g/mol. The van der Waals surface area contributed by atoms with E-state index >= 15 is 0 Å². The van der Waals surface area contributed by atoms with Gasteiger partial charge in [0.15, 0.2) is 0 Å². The number of benzene rings is 1. The summed E-state index contributed by atoms with van der Waals surface area (Å²) in [7, 11) is 0. The molecule has 4 aliphatic carbocycles. The molecule has 0 radical (unpaired) electrons. The number of carbonyl (C=O) groups excluding carboxylic acids is 1. The van der Waals surface area contributed by atoms with Gasteiger partial charge in [-0.3, -0.25) is 9.69 Å². The van der Waals surface area contributed by atoms with Crippen molar-refractivity contribution >= 4 is 5.91 Å². The van der Waals surface area contributed by atoms with E-state index in [2.05, 4.69) is 54.8 Å². The van der Waals surface area contributed by atoms with Gasteiger partial charge in [0.25, 0.3) is 0 Å². The predicted molar refractivity (Wildman–Crippen MR) is 108 cm³/mol. The molecule has 3 heteroatoms. The van der Waals surface area contributed by atoms with Crippen molar-refractivity contribution < 1.29 is 4.79 Å². The third-order valence-electron chi connectivity index (χ3n) is 8.58. The van der Waals surface area contributed by atoms with E-state index in [9.17, 15) is 4.79 Å². The van der Waals surface area contributed by atoms with Gasteiger partial charge < -0.3 is 4.90 Å². The molecule has 4 bridgehead atoms. The quantitative estimate of drug-likeness (QED) is 0.799. The topological polar surface area (TPSA) is 23.6 Å². The number of nitrogens with zero attached hydrogens (tertiary/aromatic N) is 2. The molecule has 4 saturated carbocycles. The van der Waals surface area contributed by atoms with Crippen LogP contribution < -0.4 is 0 Å². The molecule has 1 aromatic carbocycles. The molecular weight excluding hydrogens is 332 g/mol. The number of hydrogen-bond donors (Lipinski definition) is 0. The zero-order chi connectivity index (χ0) is 18.9. The highest BCUT2D eigenvalue weighted by Gasteiger charge is 2.71. The molecular formula is C24H34N2O. The minimum absolute atomic E-state index is 0.0388. The Balaban J connectivity index is 1.27. The van der Waals surface area contributed by atoms with Gasteiger partial charge >= 0.3 is 0 Å². The average Bonchev–Trinajstić information content (AvgIpc) is 2.92. The smallest absolute Gasteiger partial charge is 0.229 e. The van der Waals surface area contributed by atoms with Gasteiger partial charge in [-0.05, 0) is 66.9 Å². The van der Waals surface area contributed by atoms with Crippen molar-refractivity contribution in [2.75, 3.05) is 26.2 Å². The van der Waals surface area contributed by atoms with Gasteiger partial charge in [-0.1, -0.05) is 38.1 Å². The Kier molecular flexibility index (Phi) is 3.82. The molecule has 5 fully saturated rings. The minimum Gasteiger partial charge on any atom is -0.340 e. The number of aryl methyl sites for hydroxylation is 1. The van der Waals surface area contributed by atoms with E-state index in [-0.39, 0.29) is 10.8 Å². The van der Waals surface area contributed by atoms with Crippen LogP contribution in [0.3, 0.4) is 0 Å². The Morgan fingerprint density at radius 3 is 2.48 bits per heavy atom. The standard InChI is InChI=1S/C24H34N2O/c1-18-6-4-5-7-20(18)15-25-8-10-26(11-9-25)21(27)24-14-19-12-22(2,17-24)16-23(24,3)13-19/h4-7,19H,8-17H2,1-3H3. The number of amides is 1. The molecule has 3 nitrogen and oxygen atoms in total. The van der Waals surface area contributed by atoms with Gasteiger partial charge in [0, 0.05) is 32.7 Å². The minimum atomic E-state index is -0.0388. The molecule has 5 aliphatic rings. The van der Waals surface area contributed by atoms with E-state index in [1.54, 1.807) is 0 Å². The van der Waals surface area contributed by atoms with Crippen LogP contribution in [0, 0.1) is 29.1 Å². The maximum Gasteiger partial charge on any atom is 0.229 e. The molecule has 1 aliphatic heterocycles. The fraction of sp³-hybridized carbons (Fsp3) is 0.708. The van der Waals surface area contributed by atoms with Crippen LogP contribution in [0.5, 0.6) is 0 Å². The molecule has 4 atom stereocenters. The van der Waals surface area contributed by atoms with Crippen LogP contribution in [-0.2, 0) is 11.3 Å². The van der Waals surface area contributed by atoms with Crippen molar-refractivity contribution in [2.45, 2.75) is 59.4 Å². The summed E-state index contributed by atoms with van der Waals surface area (Å²) in [6.07, 6.45) is 6.25. The first-order chi connectivity index (χ1) is 12.8. The lowest BCUT2D eigenvalue weighted by Gasteiger charge is -2.44. The number of hydrogen-bond acceptors (Lipinski definition) is 2. The summed E-state index contributed by atoms with van der Waals surface area (Å²) >= 11 is 0. The third kappa shape index (κ3) is 2.61. The van der Waals surface area contributed by atoms with E-state index in [1.165, 1.54) is 36.8 Å². The SMILES string of the molecule is Cc1ccccc1CN1CCN(C(=O)C23CC4CC(C)(CC2(C)C4)C3)CC1. The van der Waals surface area contributed by atoms with Gasteiger partial charge in [0.2, 0.25) is 5.91 Å². The highest BCUT2D eigenvalue weighted by Crippen LogP contribution is 2.76. The molecule has 146 valence electrons. The normalized spacial score (nSPS) is 40.7. The maximum atomic E-state index is 13.7. The van der Waals surface area contributed by atoms with Gasteiger partial charge in [0.1, 0.15) is 0 Å². The van der Waals surface area contributed by atoms with Crippen LogP contribution in [-0.4, -0.2) is 41.9 Å². The lowest BCUT2D eigenvalue weighted by Crippen LogP contribution is -2.54. The molecule has 0 spiro atoms. The van der Waals surface area contributed by atoms with Crippen LogP contribution in [0.1, 0.15) is 57.1 Å². The zero-order valence-electron chi connectivity index (χ0n) is 17.3. The highest BCUT2D eigenvalue weighted by atomic mass is 16.2. The van der Waals surface area contributed by atoms with Crippen LogP contribution in [0.2, 0.25) is 0 Å². The van der Waals surface area contributed by atoms with E-state index < -0.39 is 0 Å². The van der Waals surface area contributed by atoms with E-state index in [4.69, 9.17) is 0 Å². The largest absolute Gasteiger partial charge is 0.340 e. The first-order valence-electron chi connectivity index (χ1n) is 10.9. The first-order valence-corrected chi connectivity index (χ1v) is 10.9. The van der Waals surface area contributed by atoms with Crippen molar-refractivity contribution in [1.82, 2.24) is 9.80 Å². The van der Waals surface area contributed by atoms with Gasteiger partial charge in [-0.25, -0.2) is 0 Å². The fourth-order valence-electron chi connectivity index (χ4n) is 7.75. The van der Waals surface area contributed by atoms with Gasteiger partial charge in [-0.2, -0.15) is 0 Å². The molecule has 0 aromatic heterocycles. The Morgan fingerprint density at radius 2 is 1.78 bits per heavy atom. The molecule has 27 heavy (non-hydrogen) atoms. The number of rotatable bonds is 3. The van der Waals surface area contributed by atoms with Crippen molar-refractivity contribution in [3.05, 3.63) is 35.4 Å². The Labute approximate surface area is 164 Å².